The summed E-state index contributed by atoms with van der Waals surface area (Å²) in [6.07, 6.45) is 5.01. The maximum Gasteiger partial charge on any atom is 0.187 e. The number of ketones is 1. The fourth-order valence-electron chi connectivity index (χ4n) is 5.33. The van der Waals surface area contributed by atoms with Crippen LogP contribution in [0.3, 0.4) is 0 Å². The first-order valence-electron chi connectivity index (χ1n) is 9.03. The standard InChI is InChI=1S/C21H24N2OS/c1-5-16-11-20(9-8-14(16)2)12-17-6-7-18(23-4)10-19(17)21(20,15(3)24)25-13-22/h6-7,10,14,16H,5,8-9,11-12H2,1-3H3/t14-,16-,20-,21+/m1/s1. The summed E-state index contributed by atoms with van der Waals surface area (Å²) in [5.74, 6) is 1.31. The van der Waals surface area contributed by atoms with E-state index in [0.717, 1.165) is 55.0 Å². The molecule has 3 nitrogen and oxygen atoms in total. The molecule has 0 aliphatic heterocycles. The Morgan fingerprint density at radius 2 is 2.28 bits per heavy atom. The van der Waals surface area contributed by atoms with Crippen molar-refractivity contribution in [3.05, 3.63) is 40.7 Å². The zero-order valence-electron chi connectivity index (χ0n) is 15.1. The topological polar surface area (TPSA) is 45.2 Å². The van der Waals surface area contributed by atoms with E-state index in [-0.39, 0.29) is 11.2 Å². The van der Waals surface area contributed by atoms with Crippen LogP contribution in [0, 0.1) is 34.5 Å². The molecular formula is C21H24N2OS. The van der Waals surface area contributed by atoms with Crippen LogP contribution in [-0.4, -0.2) is 5.78 Å². The maximum absolute atomic E-state index is 13.0. The van der Waals surface area contributed by atoms with Crippen LogP contribution in [0.2, 0.25) is 0 Å². The molecule has 3 rings (SSSR count). The molecule has 0 amide bonds. The Hall–Kier alpha value is -1.78. The number of nitriles is 1. The van der Waals surface area contributed by atoms with Crippen molar-refractivity contribution in [3.63, 3.8) is 0 Å². The van der Waals surface area contributed by atoms with E-state index in [1.807, 2.05) is 18.2 Å². The molecule has 1 aromatic rings. The van der Waals surface area contributed by atoms with Gasteiger partial charge in [-0.15, -0.1) is 0 Å². The van der Waals surface area contributed by atoms with E-state index in [1.165, 1.54) is 0 Å². The van der Waals surface area contributed by atoms with E-state index in [2.05, 4.69) is 24.1 Å². The molecule has 0 unspecified atom stereocenters. The summed E-state index contributed by atoms with van der Waals surface area (Å²) in [7, 11) is 0. The average Bonchev–Trinajstić information content (AvgIpc) is 2.87. The highest BCUT2D eigenvalue weighted by Gasteiger charge is 2.62. The lowest BCUT2D eigenvalue weighted by molar-refractivity contribution is -0.124. The van der Waals surface area contributed by atoms with Crippen LogP contribution >= 0.6 is 11.8 Å². The van der Waals surface area contributed by atoms with Gasteiger partial charge in [-0.25, -0.2) is 4.85 Å². The van der Waals surface area contributed by atoms with Crippen LogP contribution in [0.15, 0.2) is 18.2 Å². The number of thioether (sulfide) groups is 1. The molecule has 0 heterocycles. The summed E-state index contributed by atoms with van der Waals surface area (Å²) in [5, 5.41) is 11.8. The minimum absolute atomic E-state index is 0.0596. The summed E-state index contributed by atoms with van der Waals surface area (Å²) < 4.78 is -0.828. The van der Waals surface area contributed by atoms with Gasteiger partial charge in [-0.3, -0.25) is 4.79 Å². The highest BCUT2D eigenvalue weighted by molar-refractivity contribution is 8.05. The summed E-state index contributed by atoms with van der Waals surface area (Å²) in [6, 6.07) is 5.71. The van der Waals surface area contributed by atoms with Gasteiger partial charge >= 0.3 is 0 Å². The van der Waals surface area contributed by atoms with Crippen molar-refractivity contribution < 1.29 is 4.79 Å². The summed E-state index contributed by atoms with van der Waals surface area (Å²) >= 11 is 1.13. The molecule has 1 fully saturated rings. The molecule has 1 saturated carbocycles. The lowest BCUT2D eigenvalue weighted by Crippen LogP contribution is -2.49. The van der Waals surface area contributed by atoms with Crippen LogP contribution < -0.4 is 0 Å². The van der Waals surface area contributed by atoms with Crippen molar-refractivity contribution in [2.45, 2.75) is 57.6 Å². The Morgan fingerprint density at radius 3 is 2.88 bits per heavy atom. The van der Waals surface area contributed by atoms with Gasteiger partial charge < -0.3 is 0 Å². The molecule has 0 saturated heterocycles. The molecule has 25 heavy (non-hydrogen) atoms. The van der Waals surface area contributed by atoms with E-state index >= 15 is 0 Å². The molecule has 130 valence electrons. The second kappa shape index (κ2) is 6.50. The van der Waals surface area contributed by atoms with Gasteiger partial charge in [0.05, 0.1) is 6.57 Å². The number of benzene rings is 1. The van der Waals surface area contributed by atoms with Crippen molar-refractivity contribution >= 4 is 23.2 Å². The fourth-order valence-corrected chi connectivity index (χ4v) is 6.38. The Kier molecular flexibility index (Phi) is 4.69. The van der Waals surface area contributed by atoms with E-state index < -0.39 is 4.75 Å². The van der Waals surface area contributed by atoms with Crippen LogP contribution in [0.4, 0.5) is 5.69 Å². The molecule has 4 atom stereocenters. The minimum Gasteiger partial charge on any atom is -0.298 e. The number of hydrogen-bond acceptors (Lipinski definition) is 3. The number of carbonyl (C=O) groups excluding carboxylic acids is 1. The van der Waals surface area contributed by atoms with Crippen molar-refractivity contribution in [1.82, 2.24) is 0 Å². The number of rotatable bonds is 3. The third kappa shape index (κ3) is 2.51. The van der Waals surface area contributed by atoms with Gasteiger partial charge in [0.15, 0.2) is 11.5 Å². The predicted octanol–water partition coefficient (Wildman–Crippen LogP) is 5.62. The molecule has 0 bridgehead atoms. The first-order valence-corrected chi connectivity index (χ1v) is 9.84. The fraction of sp³-hybridized carbons (Fsp3) is 0.571. The number of Topliss-reactive ketones (excluding diaryl/α,β-unsaturated/α-hetero) is 1. The van der Waals surface area contributed by atoms with Gasteiger partial charge in [0, 0.05) is 5.41 Å². The first kappa shape index (κ1) is 18.0. The maximum atomic E-state index is 13.0. The Labute approximate surface area is 154 Å². The van der Waals surface area contributed by atoms with Crippen LogP contribution in [-0.2, 0) is 16.0 Å². The number of hydrogen-bond donors (Lipinski definition) is 0. The summed E-state index contributed by atoms with van der Waals surface area (Å²) in [6.45, 7) is 13.5. The quantitative estimate of drug-likeness (QED) is 0.523. The largest absolute Gasteiger partial charge is 0.298 e. The zero-order chi connectivity index (χ0) is 18.2. The SMILES string of the molecule is [C-]#[N+]c1ccc2c(c1)[C@@](SC#N)(C(C)=O)[C@@]1(CC[C@@H](C)[C@H](CC)C1)C2. The van der Waals surface area contributed by atoms with E-state index in [1.54, 1.807) is 6.92 Å². The molecule has 0 N–H and O–H groups in total. The summed E-state index contributed by atoms with van der Waals surface area (Å²) in [4.78, 5) is 16.6. The van der Waals surface area contributed by atoms with E-state index in [0.29, 0.717) is 17.5 Å². The lowest BCUT2D eigenvalue weighted by atomic mass is 9.59. The Balaban J connectivity index is 2.21. The van der Waals surface area contributed by atoms with Gasteiger partial charge in [0.2, 0.25) is 0 Å². The van der Waals surface area contributed by atoms with Gasteiger partial charge in [-0.2, -0.15) is 5.26 Å². The smallest absolute Gasteiger partial charge is 0.187 e. The predicted molar refractivity (Wildman–Crippen MR) is 101 cm³/mol. The molecule has 2 aliphatic rings. The van der Waals surface area contributed by atoms with Gasteiger partial charge in [0.25, 0.3) is 0 Å². The number of nitrogens with zero attached hydrogens (tertiary/aromatic N) is 2. The second-order valence-electron chi connectivity index (χ2n) is 7.73. The average molecular weight is 353 g/mol. The molecule has 1 spiro atoms. The molecule has 0 radical (unpaired) electrons. The van der Waals surface area contributed by atoms with Gasteiger partial charge in [0.1, 0.15) is 10.1 Å². The van der Waals surface area contributed by atoms with Gasteiger partial charge in [-0.1, -0.05) is 38.5 Å². The van der Waals surface area contributed by atoms with Crippen LogP contribution in [0.25, 0.3) is 4.85 Å². The third-order valence-electron chi connectivity index (χ3n) is 6.63. The molecule has 0 aromatic heterocycles. The molecule has 1 aromatic carbocycles. The van der Waals surface area contributed by atoms with Crippen molar-refractivity contribution in [1.29, 1.82) is 5.26 Å². The number of thiocyanates is 1. The number of carbonyl (C=O) groups is 1. The highest BCUT2D eigenvalue weighted by atomic mass is 32.2. The van der Waals surface area contributed by atoms with Crippen LogP contribution in [0.1, 0.15) is 57.6 Å². The highest BCUT2D eigenvalue weighted by Crippen LogP contribution is 2.65. The summed E-state index contributed by atoms with van der Waals surface area (Å²) in [5.41, 5.74) is 2.42. The van der Waals surface area contributed by atoms with Crippen molar-refractivity contribution in [3.8, 4) is 5.40 Å². The number of fused-ring (bicyclic) bond motifs is 1. The molecule has 4 heteroatoms. The monoisotopic (exact) mass is 352 g/mol. The Bertz CT molecular complexity index is 790. The molecule has 2 aliphatic carbocycles. The third-order valence-corrected chi connectivity index (χ3v) is 7.97. The first-order chi connectivity index (χ1) is 11.9. The van der Waals surface area contributed by atoms with Gasteiger partial charge in [-0.05, 0) is 67.3 Å². The van der Waals surface area contributed by atoms with E-state index in [9.17, 15) is 10.1 Å². The molecular weight excluding hydrogens is 328 g/mol. The second-order valence-corrected chi connectivity index (χ2v) is 8.73. The Morgan fingerprint density at radius 1 is 1.52 bits per heavy atom. The normalized spacial score (nSPS) is 33.5. The van der Waals surface area contributed by atoms with E-state index in [4.69, 9.17) is 6.57 Å². The van der Waals surface area contributed by atoms with Crippen molar-refractivity contribution in [2.24, 2.45) is 17.3 Å². The minimum atomic E-state index is -0.828. The van der Waals surface area contributed by atoms with Crippen molar-refractivity contribution in [2.75, 3.05) is 0 Å². The zero-order valence-corrected chi connectivity index (χ0v) is 15.9. The lowest BCUT2D eigenvalue weighted by Gasteiger charge is -2.50. The van der Waals surface area contributed by atoms with Crippen LogP contribution in [0.5, 0.6) is 0 Å².